The third kappa shape index (κ3) is 4.65. The van der Waals surface area contributed by atoms with Crippen molar-refractivity contribution < 1.29 is 12.6 Å². The Morgan fingerprint density at radius 1 is 1.56 bits per heavy atom. The first kappa shape index (κ1) is 9.16. The molecule has 0 spiro atoms. The molecule has 0 radical (unpaired) electrons. The van der Waals surface area contributed by atoms with E-state index in [0.29, 0.717) is 5.75 Å². The minimum atomic E-state index is -2.53. The average molecular weight is 168 g/mol. The van der Waals surface area contributed by atoms with Gasteiger partial charge in [0.05, 0.1) is 0 Å². The summed E-state index contributed by atoms with van der Waals surface area (Å²) in [5, 5.41) is -0.279. The van der Waals surface area contributed by atoms with E-state index in [1.807, 2.05) is 0 Å². The first-order valence-corrected chi connectivity index (χ1v) is 5.85. The second kappa shape index (κ2) is 3.36. The van der Waals surface area contributed by atoms with E-state index in [0.717, 1.165) is 0 Å². The van der Waals surface area contributed by atoms with Crippen LogP contribution in [0.5, 0.6) is 0 Å². The Balaban J connectivity index is 4.23. The molecule has 3 nitrogen and oxygen atoms in total. The van der Waals surface area contributed by atoms with Crippen molar-refractivity contribution in [1.29, 1.82) is 0 Å². The molecular formula is C3H9BO3S2. The summed E-state index contributed by atoms with van der Waals surface area (Å²) >= 11 is 0. The van der Waals surface area contributed by atoms with Crippen molar-refractivity contribution in [3.8, 4) is 0 Å². The normalized spacial score (nSPS) is 17.4. The second-order valence-corrected chi connectivity index (χ2v) is 5.92. The summed E-state index contributed by atoms with van der Waals surface area (Å²) in [6.07, 6.45) is 0. The number of hydrogen-bond donors (Lipinski definition) is 1. The quantitative estimate of drug-likeness (QED) is 0.419. The molecule has 1 atom stereocenters. The Kier molecular flexibility index (Phi) is 3.42. The van der Waals surface area contributed by atoms with Crippen LogP contribution in [0.2, 0.25) is 0 Å². The van der Waals surface area contributed by atoms with Gasteiger partial charge in [0.15, 0.2) is 0 Å². The molecule has 0 heterocycles. The average Bonchev–Trinajstić information content (AvgIpc) is 1.63. The minimum absolute atomic E-state index is 0.279. The predicted octanol–water partition coefficient (Wildman–Crippen LogP) is -1.32. The molecule has 0 bridgehead atoms. The summed E-state index contributed by atoms with van der Waals surface area (Å²) in [6.45, 7) is 4.93. The van der Waals surface area contributed by atoms with Gasteiger partial charge < -0.3 is 0 Å². The maximum absolute atomic E-state index is 10.9. The number of thiol groups is 1. The third-order valence-corrected chi connectivity index (χ3v) is 4.64. The monoisotopic (exact) mass is 168 g/mol. The molecule has 0 amide bonds. The van der Waals surface area contributed by atoms with E-state index in [4.69, 9.17) is 0 Å². The van der Waals surface area contributed by atoms with Gasteiger partial charge in [0.1, 0.15) is 0 Å². The first-order valence-electron chi connectivity index (χ1n) is 2.42. The van der Waals surface area contributed by atoms with Gasteiger partial charge in [-0.05, 0) is 0 Å². The molecule has 0 aromatic heterocycles. The summed E-state index contributed by atoms with van der Waals surface area (Å²) in [5.74, 6) is 0.330. The van der Waals surface area contributed by atoms with E-state index in [1.54, 1.807) is 6.92 Å². The fourth-order valence-corrected chi connectivity index (χ4v) is 2.55. The van der Waals surface area contributed by atoms with Crippen LogP contribution in [0, 0.1) is 0 Å². The van der Waals surface area contributed by atoms with Crippen LogP contribution >= 0.6 is 0 Å². The van der Waals surface area contributed by atoms with E-state index in [2.05, 4.69) is 6.72 Å². The molecular weight excluding hydrogens is 159 g/mol. The molecule has 0 N–H and O–H groups in total. The summed E-state index contributed by atoms with van der Waals surface area (Å²) in [5.41, 5.74) is 0. The SMILES string of the molecule is B=S(=O)(CC)C[SH](=O)=O. The number of rotatable bonds is 3. The van der Waals surface area contributed by atoms with Crippen molar-refractivity contribution in [3.05, 3.63) is 0 Å². The van der Waals surface area contributed by atoms with Crippen LogP contribution in [0.1, 0.15) is 6.92 Å². The zero-order valence-electron chi connectivity index (χ0n) is 5.20. The van der Waals surface area contributed by atoms with Crippen LogP contribution in [-0.2, 0) is 20.1 Å². The first-order chi connectivity index (χ1) is 3.98. The van der Waals surface area contributed by atoms with E-state index in [-0.39, 0.29) is 5.08 Å². The molecule has 0 saturated heterocycles. The second-order valence-electron chi connectivity index (χ2n) is 1.72. The molecule has 54 valence electrons. The van der Waals surface area contributed by atoms with Gasteiger partial charge in [-0.15, -0.1) is 0 Å². The van der Waals surface area contributed by atoms with Crippen LogP contribution in [-0.4, -0.2) is 30.2 Å². The summed E-state index contributed by atoms with van der Waals surface area (Å²) in [7, 11) is -4.85. The van der Waals surface area contributed by atoms with Gasteiger partial charge in [0.2, 0.25) is 0 Å². The molecule has 9 heavy (non-hydrogen) atoms. The molecule has 0 fully saturated rings. The topological polar surface area (TPSA) is 51.2 Å². The van der Waals surface area contributed by atoms with Crippen LogP contribution in [0.25, 0.3) is 0 Å². The fourth-order valence-electron chi connectivity index (χ4n) is 0.283. The van der Waals surface area contributed by atoms with Gasteiger partial charge in [-0.3, -0.25) is 0 Å². The summed E-state index contributed by atoms with van der Waals surface area (Å²) in [6, 6.07) is 0. The number of hydrogen-bond acceptors (Lipinski definition) is 3. The molecule has 0 aromatic carbocycles. The van der Waals surface area contributed by atoms with Crippen LogP contribution in [0.4, 0.5) is 0 Å². The van der Waals surface area contributed by atoms with Crippen LogP contribution in [0.15, 0.2) is 0 Å². The fraction of sp³-hybridized carbons (Fsp3) is 1.00. The van der Waals surface area contributed by atoms with Gasteiger partial charge in [-0.2, -0.15) is 0 Å². The van der Waals surface area contributed by atoms with Crippen molar-refractivity contribution in [2.24, 2.45) is 0 Å². The zero-order valence-corrected chi connectivity index (χ0v) is 6.91. The Morgan fingerprint density at radius 3 is 2.11 bits per heavy atom. The zero-order chi connectivity index (χ0) is 7.49. The van der Waals surface area contributed by atoms with E-state index in [1.165, 1.54) is 0 Å². The molecule has 6 heteroatoms. The van der Waals surface area contributed by atoms with Gasteiger partial charge >= 0.3 is 57.2 Å². The van der Waals surface area contributed by atoms with Crippen LogP contribution < -0.4 is 0 Å². The van der Waals surface area contributed by atoms with Gasteiger partial charge in [0.25, 0.3) is 0 Å². The van der Waals surface area contributed by atoms with E-state index in [9.17, 15) is 12.6 Å². The van der Waals surface area contributed by atoms with Crippen LogP contribution in [0.3, 0.4) is 0 Å². The maximum atomic E-state index is 10.9. The Morgan fingerprint density at radius 2 is 2.00 bits per heavy atom. The summed E-state index contributed by atoms with van der Waals surface area (Å²) < 4.78 is 30.9. The predicted molar refractivity (Wildman–Crippen MR) is 41.0 cm³/mol. The van der Waals surface area contributed by atoms with Crippen molar-refractivity contribution in [1.82, 2.24) is 0 Å². The Bertz CT molecular complexity index is 230. The molecule has 0 aliphatic carbocycles. The molecule has 0 rings (SSSR count). The molecule has 0 aliphatic rings. The molecule has 0 aliphatic heterocycles. The molecule has 0 aromatic rings. The molecule has 1 unspecified atom stereocenters. The van der Waals surface area contributed by atoms with Gasteiger partial charge in [-0.25, -0.2) is 0 Å². The van der Waals surface area contributed by atoms with Crippen molar-refractivity contribution >= 4 is 26.8 Å². The molecule has 0 saturated carbocycles. The Hall–Kier alpha value is 0.165. The summed E-state index contributed by atoms with van der Waals surface area (Å²) in [4.78, 5) is 0. The van der Waals surface area contributed by atoms with Crippen molar-refractivity contribution in [2.45, 2.75) is 6.92 Å². The van der Waals surface area contributed by atoms with Gasteiger partial charge in [0, 0.05) is 0 Å². The van der Waals surface area contributed by atoms with E-state index >= 15 is 0 Å². The van der Waals surface area contributed by atoms with Crippen molar-refractivity contribution in [3.63, 3.8) is 0 Å². The van der Waals surface area contributed by atoms with Crippen molar-refractivity contribution in [2.75, 3.05) is 10.8 Å². The van der Waals surface area contributed by atoms with Gasteiger partial charge in [-0.1, -0.05) is 0 Å². The Labute approximate surface area is 57.7 Å². The third-order valence-electron chi connectivity index (χ3n) is 0.867. The standard InChI is InChI=1S/C3H9BO3S2/c1-2-9(4,7)3-8(5)6/h4,8H,2-3H2,1H3. The van der Waals surface area contributed by atoms with E-state index < -0.39 is 20.1 Å².